The van der Waals surface area contributed by atoms with Crippen LogP contribution in [-0.2, 0) is 9.53 Å². The van der Waals surface area contributed by atoms with Gasteiger partial charge >= 0.3 is 0 Å². The maximum absolute atomic E-state index is 12.1. The third-order valence-corrected chi connectivity index (χ3v) is 7.03. The smallest absolute Gasteiger partial charge is 0.262 e. The zero-order chi connectivity index (χ0) is 19.5. The third-order valence-electron chi connectivity index (χ3n) is 4.82. The number of amides is 1. The molecular weight excluding hydrogens is 390 g/mol. The Morgan fingerprint density at radius 3 is 2.64 bits per heavy atom. The van der Waals surface area contributed by atoms with Gasteiger partial charge < -0.3 is 15.0 Å². The molecule has 1 aliphatic rings. The topological polar surface area (TPSA) is 65.4 Å². The molecule has 1 amide bonds. The molecule has 4 rings (SSSR count). The number of carbonyl (C=O) groups excluding carboxylic acids is 1. The molecule has 28 heavy (non-hydrogen) atoms. The van der Waals surface area contributed by atoms with Crippen molar-refractivity contribution in [2.24, 2.45) is 0 Å². The van der Waals surface area contributed by atoms with Gasteiger partial charge in [0.1, 0.15) is 11.6 Å². The molecule has 7 heteroatoms. The number of carbonyl (C=O) groups is 1. The predicted molar refractivity (Wildman–Crippen MR) is 117 cm³/mol. The van der Waals surface area contributed by atoms with Crippen LogP contribution in [0.2, 0.25) is 0 Å². The first-order valence-corrected chi connectivity index (χ1v) is 10.9. The molecule has 3 heterocycles. The lowest BCUT2D eigenvalue weighted by Gasteiger charge is -2.13. The van der Waals surface area contributed by atoms with Crippen molar-refractivity contribution in [3.8, 4) is 6.07 Å². The summed E-state index contributed by atoms with van der Waals surface area (Å²) < 4.78 is 7.36. The SMILES string of the molecule is COCCNC(=O)/C(C#N)=C/c1cc2cc3sc(N4CCCC4)cc3cc2s1. The molecular formula is C21H21N3O2S2. The predicted octanol–water partition coefficient (Wildman–Crippen LogP) is 4.39. The number of rotatable bonds is 6. The second-order valence-electron chi connectivity index (χ2n) is 6.77. The second kappa shape index (κ2) is 8.31. The first kappa shape index (κ1) is 18.9. The van der Waals surface area contributed by atoms with Gasteiger partial charge in [-0.2, -0.15) is 5.26 Å². The maximum Gasteiger partial charge on any atom is 0.262 e. The highest BCUT2D eigenvalue weighted by Crippen LogP contribution is 2.38. The fraction of sp³-hybridized carbons (Fsp3) is 0.333. The summed E-state index contributed by atoms with van der Waals surface area (Å²) in [5.41, 5.74) is 0.112. The first-order valence-electron chi connectivity index (χ1n) is 9.29. The van der Waals surface area contributed by atoms with Crippen LogP contribution in [0.4, 0.5) is 5.00 Å². The number of anilines is 1. The van der Waals surface area contributed by atoms with Crippen molar-refractivity contribution < 1.29 is 9.53 Å². The van der Waals surface area contributed by atoms with Crippen molar-refractivity contribution in [2.45, 2.75) is 12.8 Å². The number of hydrogen-bond acceptors (Lipinski definition) is 6. The lowest BCUT2D eigenvalue weighted by Crippen LogP contribution is -2.27. The zero-order valence-electron chi connectivity index (χ0n) is 15.7. The molecule has 0 bridgehead atoms. The quantitative estimate of drug-likeness (QED) is 0.371. The summed E-state index contributed by atoms with van der Waals surface area (Å²) in [5.74, 6) is -0.367. The Hall–Kier alpha value is -2.40. The Morgan fingerprint density at radius 2 is 1.93 bits per heavy atom. The summed E-state index contributed by atoms with van der Waals surface area (Å²) in [5, 5.41) is 15.8. The highest BCUT2D eigenvalue weighted by atomic mass is 32.1. The Balaban J connectivity index is 1.60. The monoisotopic (exact) mass is 411 g/mol. The normalized spacial score (nSPS) is 14.7. The van der Waals surface area contributed by atoms with Crippen LogP contribution in [0.3, 0.4) is 0 Å². The van der Waals surface area contributed by atoms with Gasteiger partial charge in [-0.3, -0.25) is 4.79 Å². The van der Waals surface area contributed by atoms with Crippen LogP contribution < -0.4 is 10.2 Å². The third kappa shape index (κ3) is 3.90. The minimum Gasteiger partial charge on any atom is -0.383 e. The van der Waals surface area contributed by atoms with Crippen LogP contribution in [-0.4, -0.2) is 39.3 Å². The van der Waals surface area contributed by atoms with Crippen LogP contribution in [0.15, 0.2) is 29.8 Å². The van der Waals surface area contributed by atoms with Gasteiger partial charge in [-0.1, -0.05) is 0 Å². The molecule has 2 aromatic heterocycles. The van der Waals surface area contributed by atoms with E-state index in [9.17, 15) is 10.1 Å². The average molecular weight is 412 g/mol. The zero-order valence-corrected chi connectivity index (χ0v) is 17.3. The molecule has 1 fully saturated rings. The Kier molecular flexibility index (Phi) is 5.62. The number of nitriles is 1. The number of nitrogens with one attached hydrogen (secondary N) is 1. The van der Waals surface area contributed by atoms with Crippen molar-refractivity contribution in [1.82, 2.24) is 5.32 Å². The number of fused-ring (bicyclic) bond motifs is 2. The standard InChI is InChI=1S/C21H21N3O2S2/c1-26-7-4-23-21(25)16(13-22)9-17-8-14-10-19-15(11-18(14)27-17)12-20(28-19)24-5-2-3-6-24/h8-12H,2-7H2,1H3,(H,23,25)/b16-9+. The summed E-state index contributed by atoms with van der Waals surface area (Å²) >= 11 is 3.44. The van der Waals surface area contributed by atoms with Crippen LogP contribution in [0, 0.1) is 11.3 Å². The molecule has 3 aromatic rings. The van der Waals surface area contributed by atoms with Gasteiger partial charge in [0.2, 0.25) is 0 Å². The summed E-state index contributed by atoms with van der Waals surface area (Å²) in [7, 11) is 1.57. The molecule has 5 nitrogen and oxygen atoms in total. The van der Waals surface area contributed by atoms with E-state index in [1.165, 1.54) is 32.6 Å². The van der Waals surface area contributed by atoms with Crippen LogP contribution in [0.1, 0.15) is 17.7 Å². The minimum absolute atomic E-state index is 0.112. The maximum atomic E-state index is 12.1. The van der Waals surface area contributed by atoms with E-state index in [4.69, 9.17) is 4.74 Å². The van der Waals surface area contributed by atoms with Crippen LogP contribution in [0.25, 0.3) is 26.2 Å². The molecule has 1 saturated heterocycles. The van der Waals surface area contributed by atoms with Gasteiger partial charge in [-0.25, -0.2) is 0 Å². The number of thiophene rings is 2. The van der Waals surface area contributed by atoms with Crippen LogP contribution in [0.5, 0.6) is 0 Å². The number of methoxy groups -OCH3 is 1. The van der Waals surface area contributed by atoms with Gasteiger partial charge in [-0.15, -0.1) is 22.7 Å². The van der Waals surface area contributed by atoms with Gasteiger partial charge in [0.15, 0.2) is 0 Å². The van der Waals surface area contributed by atoms with E-state index >= 15 is 0 Å². The van der Waals surface area contributed by atoms with Crippen molar-refractivity contribution in [2.75, 3.05) is 38.3 Å². The van der Waals surface area contributed by atoms with Gasteiger partial charge in [0, 0.05) is 41.0 Å². The van der Waals surface area contributed by atoms with E-state index in [1.54, 1.807) is 24.5 Å². The Bertz CT molecular complexity index is 1030. The Labute approximate surface area is 171 Å². The van der Waals surface area contributed by atoms with Gasteiger partial charge in [0.05, 0.1) is 11.6 Å². The fourth-order valence-corrected chi connectivity index (χ4v) is 5.58. The molecule has 1 aromatic carbocycles. The number of ether oxygens (including phenoxy) is 1. The highest BCUT2D eigenvalue weighted by molar-refractivity contribution is 7.23. The Morgan fingerprint density at radius 1 is 1.21 bits per heavy atom. The van der Waals surface area contributed by atoms with Crippen molar-refractivity contribution in [3.05, 3.63) is 34.7 Å². The van der Waals surface area contributed by atoms with Gasteiger partial charge in [0.25, 0.3) is 5.91 Å². The molecule has 1 aliphatic heterocycles. The van der Waals surface area contributed by atoms with E-state index in [0.717, 1.165) is 23.4 Å². The van der Waals surface area contributed by atoms with E-state index in [2.05, 4.69) is 34.5 Å². The second-order valence-corrected chi connectivity index (χ2v) is 8.95. The number of hydrogen-bond donors (Lipinski definition) is 1. The summed E-state index contributed by atoms with van der Waals surface area (Å²) in [6, 6.07) is 10.8. The molecule has 0 atom stereocenters. The molecule has 0 radical (unpaired) electrons. The van der Waals surface area contributed by atoms with Crippen molar-refractivity contribution in [1.29, 1.82) is 5.26 Å². The van der Waals surface area contributed by atoms with E-state index in [1.807, 2.05) is 17.4 Å². The van der Waals surface area contributed by atoms with E-state index in [-0.39, 0.29) is 11.5 Å². The molecule has 1 N–H and O–H groups in total. The molecule has 144 valence electrons. The first-order chi connectivity index (χ1) is 13.7. The lowest BCUT2D eigenvalue weighted by molar-refractivity contribution is -0.117. The van der Waals surface area contributed by atoms with E-state index in [0.29, 0.717) is 13.2 Å². The van der Waals surface area contributed by atoms with Crippen molar-refractivity contribution >= 4 is 59.8 Å². The molecule has 0 saturated carbocycles. The summed E-state index contributed by atoms with van der Waals surface area (Å²) in [6.45, 7) is 3.11. The van der Waals surface area contributed by atoms with Gasteiger partial charge in [-0.05, 0) is 54.0 Å². The van der Waals surface area contributed by atoms with Crippen LogP contribution >= 0.6 is 22.7 Å². The number of nitrogens with zero attached hydrogens (tertiary/aromatic N) is 2. The van der Waals surface area contributed by atoms with E-state index < -0.39 is 0 Å². The average Bonchev–Trinajstić information content (AvgIpc) is 3.42. The fourth-order valence-electron chi connectivity index (χ4n) is 3.40. The summed E-state index contributed by atoms with van der Waals surface area (Å²) in [4.78, 5) is 15.5. The summed E-state index contributed by atoms with van der Waals surface area (Å²) in [6.07, 6.45) is 4.22. The largest absolute Gasteiger partial charge is 0.383 e. The lowest BCUT2D eigenvalue weighted by atomic mass is 10.2. The molecule has 0 spiro atoms. The van der Waals surface area contributed by atoms with Crippen molar-refractivity contribution in [3.63, 3.8) is 0 Å². The molecule has 0 unspecified atom stereocenters. The molecule has 0 aliphatic carbocycles. The highest BCUT2D eigenvalue weighted by Gasteiger charge is 2.16. The minimum atomic E-state index is -0.367. The number of benzene rings is 1.